The third-order valence-electron chi connectivity index (χ3n) is 4.68. The summed E-state index contributed by atoms with van der Waals surface area (Å²) >= 11 is 0. The van der Waals surface area contributed by atoms with Crippen molar-refractivity contribution in [2.75, 3.05) is 20.6 Å². The van der Waals surface area contributed by atoms with E-state index in [0.29, 0.717) is 12.1 Å². The van der Waals surface area contributed by atoms with Gasteiger partial charge in [-0.3, -0.25) is 4.79 Å². The quantitative estimate of drug-likeness (QED) is 0.422. The maximum Gasteiger partial charge on any atom is 0.328 e. The highest BCUT2D eigenvalue weighted by Gasteiger charge is 2.40. The molecule has 0 fully saturated rings. The fraction of sp³-hybridized carbons (Fsp3) is 0.500. The zero-order chi connectivity index (χ0) is 20.1. The van der Waals surface area contributed by atoms with Crippen LogP contribution < -0.4 is 0 Å². The number of carboxylic acid groups (broad SMARTS) is 1. The average Bonchev–Trinajstić information content (AvgIpc) is 2.50. The van der Waals surface area contributed by atoms with E-state index in [2.05, 4.69) is 33.9 Å². The van der Waals surface area contributed by atoms with Crippen LogP contribution in [0.1, 0.15) is 36.7 Å². The minimum atomic E-state index is -2.09. The van der Waals surface area contributed by atoms with Gasteiger partial charge in [-0.1, -0.05) is 45.0 Å². The minimum Gasteiger partial charge on any atom is -0.478 e. The molecule has 0 saturated carbocycles. The lowest BCUT2D eigenvalue weighted by molar-refractivity contribution is -0.131. The summed E-state index contributed by atoms with van der Waals surface area (Å²) in [5.74, 6) is -1.05. The van der Waals surface area contributed by atoms with Crippen molar-refractivity contribution in [1.29, 1.82) is 0 Å². The number of likely N-dealkylation sites (N-methyl/N-ethyl adjacent to an activating group) is 1. The molecule has 0 amide bonds. The van der Waals surface area contributed by atoms with Crippen molar-refractivity contribution in [1.82, 2.24) is 4.90 Å². The maximum absolute atomic E-state index is 13.0. The molecule has 1 aromatic rings. The number of hydrogen-bond acceptors (Lipinski definition) is 4. The van der Waals surface area contributed by atoms with Crippen molar-refractivity contribution in [2.45, 2.75) is 45.0 Å². The number of aliphatic carboxylic acids is 1. The van der Waals surface area contributed by atoms with E-state index >= 15 is 0 Å². The summed E-state index contributed by atoms with van der Waals surface area (Å²) in [4.78, 5) is 25.6. The Bertz CT molecular complexity index is 657. The van der Waals surface area contributed by atoms with Gasteiger partial charge in [-0.05, 0) is 43.9 Å². The highest BCUT2D eigenvalue weighted by Crippen LogP contribution is 2.37. The molecule has 0 aromatic heterocycles. The first-order valence-corrected chi connectivity index (χ1v) is 11.6. The largest absolute Gasteiger partial charge is 0.478 e. The molecule has 0 spiro atoms. The highest BCUT2D eigenvalue weighted by molar-refractivity contribution is 6.74. The number of hydrogen-bond donors (Lipinski definition) is 1. The molecule has 1 N–H and O–H groups in total. The molecule has 0 aliphatic heterocycles. The van der Waals surface area contributed by atoms with Gasteiger partial charge in [0.05, 0.1) is 0 Å². The van der Waals surface area contributed by atoms with E-state index < -0.39 is 20.4 Å². The van der Waals surface area contributed by atoms with Gasteiger partial charge in [0, 0.05) is 18.2 Å². The molecule has 1 aromatic carbocycles. The first-order valence-electron chi connectivity index (χ1n) is 8.71. The fourth-order valence-electron chi connectivity index (χ4n) is 2.15. The predicted octanol–water partition coefficient (Wildman–Crippen LogP) is 3.92. The number of rotatable bonds is 8. The molecule has 0 bridgehead atoms. The molecule has 6 heteroatoms. The summed E-state index contributed by atoms with van der Waals surface area (Å²) in [6, 6.07) is 6.93. The molecule has 1 unspecified atom stereocenters. The van der Waals surface area contributed by atoms with Crippen LogP contribution in [-0.2, 0) is 9.22 Å². The summed E-state index contributed by atoms with van der Waals surface area (Å²) in [7, 11) is 1.76. The summed E-state index contributed by atoms with van der Waals surface area (Å²) < 4.78 is 6.39. The fourth-order valence-corrected chi connectivity index (χ4v) is 3.40. The predicted molar refractivity (Wildman–Crippen MR) is 108 cm³/mol. The van der Waals surface area contributed by atoms with E-state index in [1.807, 2.05) is 19.0 Å². The molecule has 5 nitrogen and oxygen atoms in total. The summed E-state index contributed by atoms with van der Waals surface area (Å²) in [5.41, 5.74) is 1.31. The molecule has 144 valence electrons. The lowest BCUT2D eigenvalue weighted by Crippen LogP contribution is -2.49. The molecule has 1 rings (SSSR count). The molecule has 0 aliphatic rings. The maximum atomic E-state index is 13.0. The molecule has 0 saturated heterocycles. The Morgan fingerprint density at radius 1 is 1.19 bits per heavy atom. The first-order chi connectivity index (χ1) is 11.8. The molecule has 1 atom stereocenters. The summed E-state index contributed by atoms with van der Waals surface area (Å²) in [6.07, 6.45) is 2.05. The van der Waals surface area contributed by atoms with Crippen LogP contribution in [-0.4, -0.2) is 56.8 Å². The van der Waals surface area contributed by atoms with Crippen molar-refractivity contribution in [3.05, 3.63) is 41.5 Å². The standard InChI is InChI=1S/C20H31NO4Si/c1-20(2,3)26(6,7)25-17(14-21(4)5)19(24)16-11-8-15(9-12-16)10-13-18(22)23/h8-13,17H,14H2,1-7H3,(H,22,23)/b13-10+. The van der Waals surface area contributed by atoms with Crippen molar-refractivity contribution in [3.63, 3.8) is 0 Å². The number of Topliss-reactive ketones (excluding diaryl/α,β-unsaturated/α-hetero) is 1. The second-order valence-electron chi connectivity index (χ2n) is 8.29. The molecule has 0 radical (unpaired) electrons. The van der Waals surface area contributed by atoms with Crippen LogP contribution in [0.5, 0.6) is 0 Å². The Labute approximate surface area is 157 Å². The van der Waals surface area contributed by atoms with Gasteiger partial charge in [0.15, 0.2) is 14.1 Å². The summed E-state index contributed by atoms with van der Waals surface area (Å²) in [5, 5.41) is 8.71. The van der Waals surface area contributed by atoms with E-state index in [9.17, 15) is 9.59 Å². The van der Waals surface area contributed by atoms with Crippen molar-refractivity contribution in [3.8, 4) is 0 Å². The Hall–Kier alpha value is -1.76. The Morgan fingerprint density at radius 3 is 2.15 bits per heavy atom. The molecule has 26 heavy (non-hydrogen) atoms. The van der Waals surface area contributed by atoms with E-state index in [4.69, 9.17) is 9.53 Å². The van der Waals surface area contributed by atoms with E-state index in [0.717, 1.165) is 11.6 Å². The minimum absolute atomic E-state index is 0.0172. The summed E-state index contributed by atoms with van der Waals surface area (Å²) in [6.45, 7) is 11.3. The van der Waals surface area contributed by atoms with E-state index in [1.54, 1.807) is 24.3 Å². The van der Waals surface area contributed by atoms with Gasteiger partial charge in [0.2, 0.25) is 0 Å². The monoisotopic (exact) mass is 377 g/mol. The Kier molecular flexibility index (Phi) is 7.50. The van der Waals surface area contributed by atoms with Crippen LogP contribution >= 0.6 is 0 Å². The molecule has 0 aliphatic carbocycles. The second kappa shape index (κ2) is 8.75. The zero-order valence-electron chi connectivity index (χ0n) is 16.9. The number of carboxylic acids is 1. The van der Waals surface area contributed by atoms with Crippen LogP contribution in [0.15, 0.2) is 30.3 Å². The number of benzene rings is 1. The van der Waals surface area contributed by atoms with Crippen LogP contribution in [0, 0.1) is 0 Å². The van der Waals surface area contributed by atoms with Crippen molar-refractivity contribution in [2.24, 2.45) is 0 Å². The zero-order valence-corrected chi connectivity index (χ0v) is 17.9. The van der Waals surface area contributed by atoms with E-state index in [-0.39, 0.29) is 10.8 Å². The average molecular weight is 378 g/mol. The topological polar surface area (TPSA) is 66.8 Å². The number of ketones is 1. The van der Waals surface area contributed by atoms with Crippen LogP contribution in [0.25, 0.3) is 6.08 Å². The lowest BCUT2D eigenvalue weighted by Gasteiger charge is -2.39. The van der Waals surface area contributed by atoms with Crippen LogP contribution in [0.2, 0.25) is 18.1 Å². The van der Waals surface area contributed by atoms with Gasteiger partial charge >= 0.3 is 5.97 Å². The van der Waals surface area contributed by atoms with Gasteiger partial charge in [-0.2, -0.15) is 0 Å². The molecule has 0 heterocycles. The van der Waals surface area contributed by atoms with Crippen molar-refractivity contribution >= 4 is 26.1 Å². The first kappa shape index (κ1) is 22.3. The van der Waals surface area contributed by atoms with Gasteiger partial charge in [0.1, 0.15) is 6.10 Å². The number of nitrogens with zero attached hydrogens (tertiary/aromatic N) is 1. The number of carbonyl (C=O) groups is 2. The molecular weight excluding hydrogens is 346 g/mol. The third-order valence-corrected chi connectivity index (χ3v) is 9.17. The Morgan fingerprint density at radius 2 is 1.73 bits per heavy atom. The second-order valence-corrected chi connectivity index (χ2v) is 13.0. The van der Waals surface area contributed by atoms with Gasteiger partial charge in [-0.15, -0.1) is 0 Å². The number of carbonyl (C=O) groups excluding carboxylic acids is 1. The molecular formula is C20H31NO4Si. The van der Waals surface area contributed by atoms with Gasteiger partial charge in [-0.25, -0.2) is 4.79 Å². The van der Waals surface area contributed by atoms with Crippen LogP contribution in [0.4, 0.5) is 0 Å². The smallest absolute Gasteiger partial charge is 0.328 e. The normalized spacial score (nSPS) is 14.0. The third kappa shape index (κ3) is 6.51. The Balaban J connectivity index is 3.04. The van der Waals surface area contributed by atoms with E-state index in [1.165, 1.54) is 6.08 Å². The SMILES string of the molecule is CN(C)CC(O[Si](C)(C)C(C)(C)C)C(=O)c1ccc(/C=C/C(=O)O)cc1. The lowest BCUT2D eigenvalue weighted by atomic mass is 10.0. The van der Waals surface area contributed by atoms with Gasteiger partial charge < -0.3 is 14.4 Å². The van der Waals surface area contributed by atoms with Crippen LogP contribution in [0.3, 0.4) is 0 Å². The van der Waals surface area contributed by atoms with Crippen molar-refractivity contribution < 1.29 is 19.1 Å². The highest BCUT2D eigenvalue weighted by atomic mass is 28.4. The van der Waals surface area contributed by atoms with Gasteiger partial charge in [0.25, 0.3) is 0 Å².